The molecule has 0 saturated carbocycles. The van der Waals surface area contributed by atoms with Gasteiger partial charge in [0, 0.05) is 25.6 Å². The zero-order valence-corrected chi connectivity index (χ0v) is 16.6. The number of nitrogens with one attached hydrogen (secondary N) is 1. The Morgan fingerprint density at radius 1 is 1.00 bits per heavy atom. The Labute approximate surface area is 171 Å². The predicted molar refractivity (Wildman–Crippen MR) is 113 cm³/mol. The van der Waals surface area contributed by atoms with Crippen LogP contribution < -0.4 is 5.32 Å². The molecule has 1 amide bonds. The predicted octanol–water partition coefficient (Wildman–Crippen LogP) is 3.58. The fourth-order valence-electron chi connectivity index (χ4n) is 4.49. The third-order valence-electron chi connectivity index (χ3n) is 5.86. The van der Waals surface area contributed by atoms with Crippen LogP contribution in [0.25, 0.3) is 11.0 Å². The lowest BCUT2D eigenvalue weighted by Crippen LogP contribution is -2.33. The second-order valence-corrected chi connectivity index (χ2v) is 7.59. The van der Waals surface area contributed by atoms with Crippen molar-refractivity contribution >= 4 is 29.3 Å². The van der Waals surface area contributed by atoms with Crippen LogP contribution in [-0.4, -0.2) is 40.0 Å². The Morgan fingerprint density at radius 3 is 2.57 bits per heavy atom. The van der Waals surface area contributed by atoms with Gasteiger partial charge in [-0.15, -0.1) is 12.4 Å². The second-order valence-electron chi connectivity index (χ2n) is 7.59. The van der Waals surface area contributed by atoms with E-state index < -0.39 is 0 Å². The third kappa shape index (κ3) is 3.40. The third-order valence-corrected chi connectivity index (χ3v) is 5.86. The Bertz CT molecular complexity index is 977. The Kier molecular flexibility index (Phi) is 5.38. The van der Waals surface area contributed by atoms with Crippen LogP contribution in [0.5, 0.6) is 0 Å². The van der Waals surface area contributed by atoms with Gasteiger partial charge in [0.1, 0.15) is 5.82 Å². The molecule has 3 heterocycles. The highest BCUT2D eigenvalue weighted by Gasteiger charge is 2.28. The summed E-state index contributed by atoms with van der Waals surface area (Å²) in [6.07, 6.45) is 2.24. The van der Waals surface area contributed by atoms with Crippen LogP contribution >= 0.6 is 12.4 Å². The van der Waals surface area contributed by atoms with Gasteiger partial charge < -0.3 is 9.88 Å². The van der Waals surface area contributed by atoms with Gasteiger partial charge in [-0.1, -0.05) is 36.4 Å². The molecule has 2 aliphatic heterocycles. The van der Waals surface area contributed by atoms with Crippen LogP contribution in [0.15, 0.2) is 48.5 Å². The van der Waals surface area contributed by atoms with E-state index in [0.717, 1.165) is 61.4 Å². The minimum Gasteiger partial charge on any atom is -0.350 e. The number of carbonyl (C=O) groups excluding carboxylic acids is 1. The molecule has 1 fully saturated rings. The molecule has 28 heavy (non-hydrogen) atoms. The second kappa shape index (κ2) is 7.94. The monoisotopic (exact) mass is 396 g/mol. The van der Waals surface area contributed by atoms with E-state index in [9.17, 15) is 4.79 Å². The van der Waals surface area contributed by atoms with Gasteiger partial charge in [0.15, 0.2) is 0 Å². The van der Waals surface area contributed by atoms with Crippen molar-refractivity contribution in [3.05, 3.63) is 65.5 Å². The average Bonchev–Trinajstić information content (AvgIpc) is 2.99. The number of para-hydroxylation sites is 1. The maximum atomic E-state index is 12.3. The van der Waals surface area contributed by atoms with E-state index in [1.165, 1.54) is 5.56 Å². The van der Waals surface area contributed by atoms with Crippen LogP contribution in [0.4, 0.5) is 0 Å². The molecule has 0 bridgehead atoms. The first-order valence-corrected chi connectivity index (χ1v) is 9.83. The van der Waals surface area contributed by atoms with E-state index in [1.54, 1.807) is 0 Å². The SMILES string of the molecule is Cl.O=C1NCCn2c(C3CCN(Cc4ccccc4)CC3)nc3cccc1c32. The van der Waals surface area contributed by atoms with E-state index in [-0.39, 0.29) is 18.3 Å². The van der Waals surface area contributed by atoms with Crippen molar-refractivity contribution in [3.8, 4) is 0 Å². The number of benzene rings is 2. The van der Waals surface area contributed by atoms with Crippen LogP contribution in [-0.2, 0) is 13.1 Å². The molecule has 2 aromatic carbocycles. The summed E-state index contributed by atoms with van der Waals surface area (Å²) in [5, 5.41) is 3.01. The number of imidazole rings is 1. The standard InChI is InChI=1S/C22H24N4O.ClH/c27-22-18-7-4-8-19-20(18)26(14-11-23-22)21(24-19)17-9-12-25(13-10-17)15-16-5-2-1-3-6-16;/h1-8,17H,9-15H2,(H,23,27);1H. The zero-order chi connectivity index (χ0) is 18.2. The number of halogens is 1. The Morgan fingerprint density at radius 2 is 1.79 bits per heavy atom. The van der Waals surface area contributed by atoms with Crippen molar-refractivity contribution in [3.63, 3.8) is 0 Å². The molecule has 0 spiro atoms. The van der Waals surface area contributed by atoms with Gasteiger partial charge in [-0.2, -0.15) is 0 Å². The number of likely N-dealkylation sites (tertiary alicyclic amines) is 1. The quantitative estimate of drug-likeness (QED) is 0.736. The van der Waals surface area contributed by atoms with Gasteiger partial charge >= 0.3 is 0 Å². The Balaban J connectivity index is 0.00000192. The summed E-state index contributed by atoms with van der Waals surface area (Å²) in [5.41, 5.74) is 4.09. The van der Waals surface area contributed by atoms with Crippen molar-refractivity contribution in [1.29, 1.82) is 0 Å². The lowest BCUT2D eigenvalue weighted by Gasteiger charge is -2.32. The number of hydrogen-bond acceptors (Lipinski definition) is 3. The molecule has 3 aromatic rings. The fourth-order valence-corrected chi connectivity index (χ4v) is 4.49. The van der Waals surface area contributed by atoms with Crippen molar-refractivity contribution in [2.24, 2.45) is 0 Å². The van der Waals surface area contributed by atoms with Crippen molar-refractivity contribution in [1.82, 2.24) is 19.8 Å². The first-order chi connectivity index (χ1) is 13.3. The summed E-state index contributed by atoms with van der Waals surface area (Å²) in [6.45, 7) is 4.67. The minimum atomic E-state index is 0. The lowest BCUT2D eigenvalue weighted by atomic mass is 9.95. The molecule has 1 aromatic heterocycles. The molecule has 5 nitrogen and oxygen atoms in total. The molecule has 1 saturated heterocycles. The molecule has 0 atom stereocenters. The largest absolute Gasteiger partial charge is 0.350 e. The number of rotatable bonds is 3. The summed E-state index contributed by atoms with van der Waals surface area (Å²) in [6, 6.07) is 16.6. The molecular weight excluding hydrogens is 372 g/mol. The zero-order valence-electron chi connectivity index (χ0n) is 15.8. The normalized spacial score (nSPS) is 17.8. The molecule has 1 N–H and O–H groups in total. The first kappa shape index (κ1) is 19.0. The Hall–Kier alpha value is -2.37. The molecule has 0 unspecified atom stereocenters. The van der Waals surface area contributed by atoms with Crippen LogP contribution in [0, 0.1) is 0 Å². The first-order valence-electron chi connectivity index (χ1n) is 9.83. The van der Waals surface area contributed by atoms with E-state index >= 15 is 0 Å². The summed E-state index contributed by atoms with van der Waals surface area (Å²) in [4.78, 5) is 19.8. The fraction of sp³-hybridized carbons (Fsp3) is 0.364. The topological polar surface area (TPSA) is 50.2 Å². The highest BCUT2D eigenvalue weighted by atomic mass is 35.5. The van der Waals surface area contributed by atoms with Gasteiger partial charge in [0.2, 0.25) is 0 Å². The molecule has 5 rings (SSSR count). The van der Waals surface area contributed by atoms with Gasteiger partial charge in [0.25, 0.3) is 5.91 Å². The van der Waals surface area contributed by atoms with Gasteiger partial charge in [-0.25, -0.2) is 4.98 Å². The molecular formula is C22H25ClN4O. The van der Waals surface area contributed by atoms with Crippen LogP contribution in [0.1, 0.15) is 40.5 Å². The van der Waals surface area contributed by atoms with E-state index in [2.05, 4.69) is 45.1 Å². The average molecular weight is 397 g/mol. The molecule has 146 valence electrons. The smallest absolute Gasteiger partial charge is 0.253 e. The van der Waals surface area contributed by atoms with Crippen molar-refractivity contribution < 1.29 is 4.79 Å². The summed E-state index contributed by atoms with van der Waals surface area (Å²) >= 11 is 0. The van der Waals surface area contributed by atoms with Crippen molar-refractivity contribution in [2.75, 3.05) is 19.6 Å². The number of hydrogen-bond donors (Lipinski definition) is 1. The van der Waals surface area contributed by atoms with Crippen LogP contribution in [0.3, 0.4) is 0 Å². The van der Waals surface area contributed by atoms with Gasteiger partial charge in [-0.05, 0) is 43.6 Å². The summed E-state index contributed by atoms with van der Waals surface area (Å²) < 4.78 is 2.29. The number of nitrogens with zero attached hydrogens (tertiary/aromatic N) is 3. The molecule has 2 aliphatic rings. The number of carbonyl (C=O) groups is 1. The number of piperidine rings is 1. The molecule has 6 heteroatoms. The lowest BCUT2D eigenvalue weighted by molar-refractivity contribution is 0.0956. The van der Waals surface area contributed by atoms with E-state index in [1.807, 2.05) is 18.2 Å². The maximum absolute atomic E-state index is 12.3. The number of amides is 1. The van der Waals surface area contributed by atoms with Crippen molar-refractivity contribution in [2.45, 2.75) is 31.8 Å². The number of aromatic nitrogens is 2. The van der Waals surface area contributed by atoms with E-state index in [0.29, 0.717) is 12.5 Å². The molecule has 0 aliphatic carbocycles. The highest BCUT2D eigenvalue weighted by molar-refractivity contribution is 6.05. The van der Waals surface area contributed by atoms with E-state index in [4.69, 9.17) is 4.98 Å². The van der Waals surface area contributed by atoms with Crippen LogP contribution in [0.2, 0.25) is 0 Å². The summed E-state index contributed by atoms with van der Waals surface area (Å²) in [5.74, 6) is 1.64. The maximum Gasteiger partial charge on any atom is 0.253 e. The van der Waals surface area contributed by atoms with Gasteiger partial charge in [-0.3, -0.25) is 9.69 Å². The van der Waals surface area contributed by atoms with Gasteiger partial charge in [0.05, 0.1) is 16.6 Å². The summed E-state index contributed by atoms with van der Waals surface area (Å²) in [7, 11) is 0. The molecule has 0 radical (unpaired) electrons. The highest BCUT2D eigenvalue weighted by Crippen LogP contribution is 2.32. The minimum absolute atomic E-state index is 0.